The fraction of sp³-hybridized carbons (Fsp3) is 0.971. The van der Waals surface area contributed by atoms with Gasteiger partial charge >= 0.3 is 5.97 Å². The van der Waals surface area contributed by atoms with Gasteiger partial charge in [-0.3, -0.25) is 4.79 Å². The lowest BCUT2D eigenvalue weighted by molar-refractivity contribution is -0.261. The number of hydrogen-bond acceptors (Lipinski definition) is 10. The van der Waals surface area contributed by atoms with Gasteiger partial charge in [-0.05, 0) is 58.4 Å². The first kappa shape index (κ1) is 42.2. The third-order valence-electron chi connectivity index (χ3n) is 9.45. The van der Waals surface area contributed by atoms with Crippen molar-refractivity contribution in [1.82, 2.24) is 4.90 Å². The largest absolute Gasteiger partial charge is 0.436 e. The van der Waals surface area contributed by atoms with Crippen molar-refractivity contribution >= 4 is 5.97 Å². The molecule has 0 aromatic rings. The lowest BCUT2D eigenvalue weighted by Gasteiger charge is -2.40. The van der Waals surface area contributed by atoms with Gasteiger partial charge < -0.3 is 44.3 Å². The molecule has 0 aromatic carbocycles. The quantitative estimate of drug-likeness (QED) is 0.0889. The van der Waals surface area contributed by atoms with E-state index in [4.69, 9.17) is 24.1 Å². The highest BCUT2D eigenvalue weighted by molar-refractivity contribution is 5.72. The number of aliphatic hydroxyl groups is 4. The second kappa shape index (κ2) is 22.7. The Balaban J connectivity index is 0.000000645. The molecule has 0 radical (unpaired) electrons. The highest BCUT2D eigenvalue weighted by atomic mass is 16.7. The molecule has 268 valence electrons. The molecular weight excluding hydrogens is 578 g/mol. The molecule has 2 fully saturated rings. The SMILES string of the molecule is CC1CC(N(C)CCO)CC(O)O1.CCCCCCCC(C)CC(C)C(O[C@H]1CC(C)[C@@H](O)C(C)O1)C(C)C(=O)OC(O)CC. The summed E-state index contributed by atoms with van der Waals surface area (Å²) in [6.07, 6.45) is 7.69. The van der Waals surface area contributed by atoms with Gasteiger partial charge in [-0.15, -0.1) is 0 Å². The van der Waals surface area contributed by atoms with E-state index in [2.05, 4.69) is 25.7 Å². The second-order valence-corrected chi connectivity index (χ2v) is 13.9. The van der Waals surface area contributed by atoms with Gasteiger partial charge in [0.15, 0.2) is 18.9 Å². The number of likely N-dealkylation sites (N-methyl/N-ethyl adjacent to an activating group) is 1. The van der Waals surface area contributed by atoms with Gasteiger partial charge in [-0.1, -0.05) is 73.1 Å². The van der Waals surface area contributed by atoms with Crippen LogP contribution in [0.2, 0.25) is 0 Å². The van der Waals surface area contributed by atoms with Crippen LogP contribution in [0, 0.1) is 23.7 Å². The summed E-state index contributed by atoms with van der Waals surface area (Å²) < 4.78 is 22.7. The Hall–Kier alpha value is -0.850. The summed E-state index contributed by atoms with van der Waals surface area (Å²) in [6.45, 7) is 16.8. The maximum Gasteiger partial charge on any atom is 0.313 e. The molecule has 10 nitrogen and oxygen atoms in total. The number of esters is 1. The smallest absolute Gasteiger partial charge is 0.313 e. The molecule has 45 heavy (non-hydrogen) atoms. The zero-order valence-corrected chi connectivity index (χ0v) is 29.9. The van der Waals surface area contributed by atoms with Crippen LogP contribution in [0.5, 0.6) is 0 Å². The molecule has 0 amide bonds. The third kappa shape index (κ3) is 16.2. The minimum absolute atomic E-state index is 0.0610. The molecule has 12 atom stereocenters. The Morgan fingerprint density at radius 3 is 2.22 bits per heavy atom. The van der Waals surface area contributed by atoms with E-state index in [1.54, 1.807) is 6.92 Å². The molecule has 0 aromatic heterocycles. The van der Waals surface area contributed by atoms with Crippen molar-refractivity contribution in [2.24, 2.45) is 23.7 Å². The van der Waals surface area contributed by atoms with Crippen molar-refractivity contribution in [3.8, 4) is 0 Å². The van der Waals surface area contributed by atoms with Crippen LogP contribution in [0.4, 0.5) is 0 Å². The van der Waals surface area contributed by atoms with Crippen molar-refractivity contribution in [2.45, 2.75) is 175 Å². The Morgan fingerprint density at radius 1 is 0.978 bits per heavy atom. The average molecular weight is 648 g/mol. The minimum atomic E-state index is -1.09. The zero-order chi connectivity index (χ0) is 34.1. The van der Waals surface area contributed by atoms with Gasteiger partial charge in [0.05, 0.1) is 36.9 Å². The van der Waals surface area contributed by atoms with E-state index in [1.807, 2.05) is 34.7 Å². The molecular formula is C35H69NO9. The van der Waals surface area contributed by atoms with Crippen LogP contribution in [-0.4, -0.2) is 101 Å². The van der Waals surface area contributed by atoms with E-state index in [0.29, 0.717) is 37.8 Å². The molecule has 2 rings (SSSR count). The molecule has 0 spiro atoms. The van der Waals surface area contributed by atoms with Crippen molar-refractivity contribution in [3.63, 3.8) is 0 Å². The van der Waals surface area contributed by atoms with Crippen LogP contribution in [0.3, 0.4) is 0 Å². The fourth-order valence-electron chi connectivity index (χ4n) is 6.52. The first-order chi connectivity index (χ1) is 21.2. The van der Waals surface area contributed by atoms with Crippen LogP contribution in [-0.2, 0) is 23.7 Å². The van der Waals surface area contributed by atoms with Gasteiger partial charge in [-0.25, -0.2) is 0 Å². The van der Waals surface area contributed by atoms with Crippen molar-refractivity contribution < 1.29 is 44.2 Å². The lowest BCUT2D eigenvalue weighted by atomic mass is 9.84. The summed E-state index contributed by atoms with van der Waals surface area (Å²) in [4.78, 5) is 14.8. The highest BCUT2D eigenvalue weighted by Gasteiger charge is 2.39. The maximum absolute atomic E-state index is 12.7. The normalized spacial score (nSPS) is 30.5. The number of ether oxygens (including phenoxy) is 4. The highest BCUT2D eigenvalue weighted by Crippen LogP contribution is 2.32. The van der Waals surface area contributed by atoms with E-state index in [9.17, 15) is 20.1 Å². The van der Waals surface area contributed by atoms with Crippen molar-refractivity contribution in [3.05, 3.63) is 0 Å². The first-order valence-electron chi connectivity index (χ1n) is 17.8. The van der Waals surface area contributed by atoms with Crippen LogP contribution in [0.1, 0.15) is 126 Å². The van der Waals surface area contributed by atoms with Crippen molar-refractivity contribution in [1.29, 1.82) is 0 Å². The lowest BCUT2D eigenvalue weighted by Crippen LogP contribution is -2.47. The molecule has 4 N–H and O–H groups in total. The van der Waals surface area contributed by atoms with Gasteiger partial charge in [0.25, 0.3) is 0 Å². The molecule has 2 aliphatic heterocycles. The average Bonchev–Trinajstić information content (AvgIpc) is 2.97. The molecule has 0 aliphatic carbocycles. The molecule has 0 saturated carbocycles. The van der Waals surface area contributed by atoms with E-state index in [0.717, 1.165) is 12.8 Å². The van der Waals surface area contributed by atoms with Crippen LogP contribution >= 0.6 is 0 Å². The second-order valence-electron chi connectivity index (χ2n) is 13.9. The van der Waals surface area contributed by atoms with E-state index in [1.165, 1.54) is 38.5 Å². The molecule has 10 unspecified atom stereocenters. The van der Waals surface area contributed by atoms with Gasteiger partial charge in [0.2, 0.25) is 0 Å². The predicted molar refractivity (Wildman–Crippen MR) is 176 cm³/mol. The topological polar surface area (TPSA) is 138 Å². The van der Waals surface area contributed by atoms with Gasteiger partial charge in [0, 0.05) is 31.8 Å². The van der Waals surface area contributed by atoms with Gasteiger partial charge in [0.1, 0.15) is 0 Å². The number of hydrogen-bond donors (Lipinski definition) is 4. The molecule has 2 saturated heterocycles. The summed E-state index contributed by atoms with van der Waals surface area (Å²) in [6, 6.07) is 0.325. The number of nitrogens with zero attached hydrogens (tertiary/aromatic N) is 1. The van der Waals surface area contributed by atoms with E-state index in [-0.39, 0.29) is 36.8 Å². The van der Waals surface area contributed by atoms with Crippen LogP contribution in [0.25, 0.3) is 0 Å². The molecule has 2 aliphatic rings. The van der Waals surface area contributed by atoms with Crippen LogP contribution in [0.15, 0.2) is 0 Å². The number of unbranched alkanes of at least 4 members (excludes halogenated alkanes) is 4. The Kier molecular flexibility index (Phi) is 21.2. The number of carbonyl (C=O) groups is 1. The minimum Gasteiger partial charge on any atom is -0.436 e. The van der Waals surface area contributed by atoms with E-state index < -0.39 is 36.9 Å². The summed E-state index contributed by atoms with van der Waals surface area (Å²) in [5.41, 5.74) is 0. The molecule has 2 heterocycles. The van der Waals surface area contributed by atoms with Crippen LogP contribution < -0.4 is 0 Å². The zero-order valence-electron chi connectivity index (χ0n) is 29.9. The fourth-order valence-corrected chi connectivity index (χ4v) is 6.52. The Labute approximate surface area is 274 Å². The standard InChI is InChI=1S/C26H50O6.C9H19NO3/c1-8-10-11-12-13-14-17(3)15-19(5)25(20(6)26(29)31-22(27)9-2)32-23-16-18(4)24(28)21(7)30-23;1-7-5-8(6-9(12)13-7)10(2)3-4-11/h17-25,27-28H,8-16H2,1-7H3;7-9,11-12H,3-6H2,1-2H3/t17?,18?,19?,20?,21?,22?,23-,24+,25?;/m0./s1. The summed E-state index contributed by atoms with van der Waals surface area (Å²) in [7, 11) is 1.96. The number of aliphatic hydroxyl groups excluding tert-OH is 4. The Bertz CT molecular complexity index is 751. The van der Waals surface area contributed by atoms with Gasteiger partial charge in [-0.2, -0.15) is 0 Å². The molecule has 10 heteroatoms. The third-order valence-corrected chi connectivity index (χ3v) is 9.45. The van der Waals surface area contributed by atoms with E-state index >= 15 is 0 Å². The number of rotatable bonds is 18. The number of carbonyl (C=O) groups excluding carboxylic acids is 1. The summed E-state index contributed by atoms with van der Waals surface area (Å²) in [5.74, 6) is -0.243. The maximum atomic E-state index is 12.7. The first-order valence-corrected chi connectivity index (χ1v) is 17.8. The summed E-state index contributed by atoms with van der Waals surface area (Å²) >= 11 is 0. The predicted octanol–water partition coefficient (Wildman–Crippen LogP) is 5.23. The Morgan fingerprint density at radius 2 is 1.64 bits per heavy atom. The monoisotopic (exact) mass is 647 g/mol. The summed E-state index contributed by atoms with van der Waals surface area (Å²) in [5, 5.41) is 38.1. The molecule has 0 bridgehead atoms. The van der Waals surface area contributed by atoms with Crippen molar-refractivity contribution in [2.75, 3.05) is 20.2 Å².